The molecule has 0 spiro atoms. The third-order valence-corrected chi connectivity index (χ3v) is 5.15. The fourth-order valence-electron chi connectivity index (χ4n) is 3.45. The van der Waals surface area contributed by atoms with Crippen molar-refractivity contribution in [1.29, 1.82) is 0 Å². The van der Waals surface area contributed by atoms with Crippen LogP contribution in [0, 0.1) is 6.92 Å². The van der Waals surface area contributed by atoms with Gasteiger partial charge in [0.25, 0.3) is 0 Å². The second-order valence-electron chi connectivity index (χ2n) is 7.37. The van der Waals surface area contributed by atoms with Crippen LogP contribution in [0.15, 0.2) is 47.6 Å². The van der Waals surface area contributed by atoms with Gasteiger partial charge in [0.15, 0.2) is 5.96 Å². The Kier molecular flexibility index (Phi) is 9.50. The number of halogens is 1. The van der Waals surface area contributed by atoms with Crippen LogP contribution in [-0.2, 0) is 6.42 Å². The number of piperidine rings is 1. The molecule has 6 nitrogen and oxygen atoms in total. The molecule has 2 heterocycles. The molecule has 158 valence electrons. The van der Waals surface area contributed by atoms with Crippen LogP contribution in [0.2, 0.25) is 0 Å². The highest BCUT2D eigenvalue weighted by Gasteiger charge is 2.20. The van der Waals surface area contributed by atoms with Crippen molar-refractivity contribution in [3.8, 4) is 5.75 Å². The van der Waals surface area contributed by atoms with E-state index in [0.717, 1.165) is 57.1 Å². The highest BCUT2D eigenvalue weighted by molar-refractivity contribution is 14.0. The number of aromatic hydroxyl groups is 1. The first-order valence-electron chi connectivity index (χ1n) is 10.1. The summed E-state index contributed by atoms with van der Waals surface area (Å²) in [7, 11) is 1.82. The lowest BCUT2D eigenvalue weighted by atomic mass is 10.1. The third-order valence-electron chi connectivity index (χ3n) is 5.15. The van der Waals surface area contributed by atoms with Gasteiger partial charge in [-0.1, -0.05) is 18.2 Å². The van der Waals surface area contributed by atoms with E-state index in [1.54, 1.807) is 12.1 Å². The summed E-state index contributed by atoms with van der Waals surface area (Å²) in [5.74, 6) is 2.26. The van der Waals surface area contributed by atoms with Crippen LogP contribution in [0.3, 0.4) is 0 Å². The maximum absolute atomic E-state index is 9.34. The topological polar surface area (TPSA) is 72.8 Å². The average Bonchev–Trinajstić information content (AvgIpc) is 2.73. The van der Waals surface area contributed by atoms with E-state index in [1.165, 1.54) is 11.1 Å². The number of anilines is 1. The van der Waals surface area contributed by atoms with E-state index in [0.29, 0.717) is 11.8 Å². The minimum absolute atomic E-state index is 0. The summed E-state index contributed by atoms with van der Waals surface area (Å²) < 4.78 is 0. The molecule has 0 radical (unpaired) electrons. The van der Waals surface area contributed by atoms with Gasteiger partial charge < -0.3 is 20.6 Å². The number of phenolic OH excluding ortho intramolecular Hbond substituents is 1. The number of nitrogens with zero attached hydrogens (tertiary/aromatic N) is 3. The number of aliphatic imine (C=N–C) groups is 1. The molecular weight excluding hydrogens is 477 g/mol. The predicted molar refractivity (Wildman–Crippen MR) is 131 cm³/mol. The van der Waals surface area contributed by atoms with Crippen LogP contribution in [0.1, 0.15) is 30.4 Å². The third kappa shape index (κ3) is 7.38. The molecule has 3 N–H and O–H groups in total. The summed E-state index contributed by atoms with van der Waals surface area (Å²) in [6, 6.07) is 12.1. The van der Waals surface area contributed by atoms with Gasteiger partial charge in [0.05, 0.1) is 0 Å². The molecule has 1 aromatic heterocycles. The summed E-state index contributed by atoms with van der Waals surface area (Å²) in [5.41, 5.74) is 2.43. The van der Waals surface area contributed by atoms with Crippen LogP contribution < -0.4 is 15.5 Å². The zero-order valence-corrected chi connectivity index (χ0v) is 19.6. The van der Waals surface area contributed by atoms with E-state index in [9.17, 15) is 5.11 Å². The first kappa shape index (κ1) is 23.3. The van der Waals surface area contributed by atoms with Crippen molar-refractivity contribution < 1.29 is 5.11 Å². The maximum Gasteiger partial charge on any atom is 0.191 e. The normalized spacial score (nSPS) is 15.0. The standard InChI is InChI=1S/C22H31N5O.HI/c1-17-5-10-21(25-16-17)27-14-11-19(12-15-27)26-22(23-2)24-13-3-4-18-6-8-20(28)9-7-18;/h5-10,16,19,28H,3-4,11-15H2,1-2H3,(H2,23,24,26);1H. The van der Waals surface area contributed by atoms with Crippen LogP contribution in [-0.4, -0.2) is 48.8 Å². The first-order valence-corrected chi connectivity index (χ1v) is 10.1. The van der Waals surface area contributed by atoms with Crippen LogP contribution in [0.25, 0.3) is 0 Å². The summed E-state index contributed by atoms with van der Waals surface area (Å²) in [4.78, 5) is 11.3. The highest BCUT2D eigenvalue weighted by Crippen LogP contribution is 2.18. The molecule has 3 rings (SSSR count). The Hall–Kier alpha value is -2.03. The van der Waals surface area contributed by atoms with Crippen LogP contribution >= 0.6 is 24.0 Å². The number of benzene rings is 1. The van der Waals surface area contributed by atoms with E-state index < -0.39 is 0 Å². The molecular formula is C22H32IN5O. The van der Waals surface area contributed by atoms with E-state index in [2.05, 4.69) is 44.6 Å². The molecule has 0 amide bonds. The number of aromatic nitrogens is 1. The molecule has 0 saturated carbocycles. The number of pyridine rings is 1. The second kappa shape index (κ2) is 11.8. The minimum Gasteiger partial charge on any atom is -0.508 e. The van der Waals surface area contributed by atoms with Gasteiger partial charge in [-0.3, -0.25) is 4.99 Å². The largest absolute Gasteiger partial charge is 0.508 e. The zero-order valence-electron chi connectivity index (χ0n) is 17.3. The van der Waals surface area contributed by atoms with Gasteiger partial charge in [-0.25, -0.2) is 4.98 Å². The van der Waals surface area contributed by atoms with Gasteiger partial charge in [0.2, 0.25) is 0 Å². The van der Waals surface area contributed by atoms with Gasteiger partial charge in [-0.15, -0.1) is 24.0 Å². The number of nitrogens with one attached hydrogen (secondary N) is 2. The lowest BCUT2D eigenvalue weighted by Crippen LogP contribution is -2.49. The van der Waals surface area contributed by atoms with Gasteiger partial charge in [0.1, 0.15) is 11.6 Å². The van der Waals surface area contributed by atoms with Gasteiger partial charge >= 0.3 is 0 Å². The molecule has 1 aliphatic rings. The molecule has 2 aromatic rings. The number of phenols is 1. The Morgan fingerprint density at radius 2 is 1.90 bits per heavy atom. The maximum atomic E-state index is 9.34. The summed E-state index contributed by atoms with van der Waals surface area (Å²) >= 11 is 0. The number of guanidine groups is 1. The van der Waals surface area contributed by atoms with Crippen molar-refractivity contribution in [3.05, 3.63) is 53.7 Å². The van der Waals surface area contributed by atoms with E-state index in [-0.39, 0.29) is 24.0 Å². The Morgan fingerprint density at radius 3 is 2.52 bits per heavy atom. The summed E-state index contributed by atoms with van der Waals surface area (Å²) in [6.07, 6.45) is 6.08. The van der Waals surface area contributed by atoms with Gasteiger partial charge in [-0.2, -0.15) is 0 Å². The van der Waals surface area contributed by atoms with Crippen molar-refractivity contribution in [2.75, 3.05) is 31.6 Å². The van der Waals surface area contributed by atoms with Crippen LogP contribution in [0.5, 0.6) is 5.75 Å². The van der Waals surface area contributed by atoms with Gasteiger partial charge in [-0.05, 0) is 61.9 Å². The van der Waals surface area contributed by atoms with Crippen LogP contribution in [0.4, 0.5) is 5.82 Å². The number of hydrogen-bond acceptors (Lipinski definition) is 4. The lowest BCUT2D eigenvalue weighted by molar-refractivity contribution is 0.459. The molecule has 1 aromatic carbocycles. The first-order chi connectivity index (χ1) is 13.6. The van der Waals surface area contributed by atoms with Crippen molar-refractivity contribution in [2.24, 2.45) is 4.99 Å². The molecule has 1 saturated heterocycles. The summed E-state index contributed by atoms with van der Waals surface area (Å²) in [6.45, 7) is 4.94. The summed E-state index contributed by atoms with van der Waals surface area (Å²) in [5, 5.41) is 16.3. The molecule has 0 unspecified atom stereocenters. The van der Waals surface area contributed by atoms with Crippen molar-refractivity contribution in [3.63, 3.8) is 0 Å². The molecule has 29 heavy (non-hydrogen) atoms. The van der Waals surface area contributed by atoms with Crippen molar-refractivity contribution >= 4 is 35.8 Å². The van der Waals surface area contributed by atoms with Gasteiger partial charge in [0, 0.05) is 38.9 Å². The second-order valence-corrected chi connectivity index (χ2v) is 7.37. The Morgan fingerprint density at radius 1 is 1.17 bits per heavy atom. The average molecular weight is 509 g/mol. The fourth-order valence-corrected chi connectivity index (χ4v) is 3.45. The molecule has 1 fully saturated rings. The molecule has 0 aliphatic carbocycles. The molecule has 7 heteroatoms. The predicted octanol–water partition coefficient (Wildman–Crippen LogP) is 3.48. The van der Waals surface area contributed by atoms with E-state index in [4.69, 9.17) is 0 Å². The highest BCUT2D eigenvalue weighted by atomic mass is 127. The quantitative estimate of drug-likeness (QED) is 0.241. The monoisotopic (exact) mass is 509 g/mol. The number of hydrogen-bond donors (Lipinski definition) is 3. The Labute approximate surface area is 190 Å². The SMILES string of the molecule is CN=C(NCCCc1ccc(O)cc1)NC1CCN(c2ccc(C)cn2)CC1.I. The zero-order chi connectivity index (χ0) is 19.8. The van der Waals surface area contributed by atoms with Crippen molar-refractivity contribution in [1.82, 2.24) is 15.6 Å². The number of rotatable bonds is 6. The minimum atomic E-state index is 0. The molecule has 0 atom stereocenters. The Bertz CT molecular complexity index is 756. The number of aryl methyl sites for hydroxylation is 2. The van der Waals surface area contributed by atoms with E-state index >= 15 is 0 Å². The lowest BCUT2D eigenvalue weighted by Gasteiger charge is -2.33. The smallest absolute Gasteiger partial charge is 0.191 e. The molecule has 1 aliphatic heterocycles. The molecule has 0 bridgehead atoms. The fraction of sp³-hybridized carbons (Fsp3) is 0.455. The van der Waals surface area contributed by atoms with Crippen molar-refractivity contribution in [2.45, 2.75) is 38.6 Å². The Balaban J connectivity index is 0.00000300. The van der Waals surface area contributed by atoms with E-state index in [1.807, 2.05) is 25.4 Å².